The second kappa shape index (κ2) is 14.2. The number of hydrogen-bond donors (Lipinski definition) is 2. The van der Waals surface area contributed by atoms with Gasteiger partial charge in [-0.25, -0.2) is 4.98 Å². The second-order valence-electron chi connectivity index (χ2n) is 14.6. The number of rotatable bonds is 9. The Morgan fingerprint density at radius 1 is 0.854 bits per heavy atom. The molecule has 1 unspecified atom stereocenters. The zero-order valence-electron chi connectivity index (χ0n) is 28.7. The van der Waals surface area contributed by atoms with E-state index >= 15 is 0 Å². The first-order chi connectivity index (χ1) is 23.3. The minimum atomic E-state index is -0.288. The Morgan fingerprint density at radius 3 is 2.31 bits per heavy atom. The molecule has 1 aromatic carbocycles. The second-order valence-corrected chi connectivity index (χ2v) is 14.6. The average Bonchev–Trinajstić information content (AvgIpc) is 3.36. The van der Waals surface area contributed by atoms with Gasteiger partial charge in [0, 0.05) is 95.6 Å². The van der Waals surface area contributed by atoms with Gasteiger partial charge in [0.2, 0.25) is 5.91 Å². The van der Waals surface area contributed by atoms with E-state index in [2.05, 4.69) is 82.0 Å². The molecule has 8 nitrogen and oxygen atoms in total. The Morgan fingerprint density at radius 2 is 1.60 bits per heavy atom. The number of fused-ring (bicyclic) bond motifs is 1. The summed E-state index contributed by atoms with van der Waals surface area (Å²) in [6.45, 7) is 24.5. The molecule has 3 aromatic rings. The summed E-state index contributed by atoms with van der Waals surface area (Å²) in [5.41, 5.74) is 4.13. The first-order valence-electron chi connectivity index (χ1n) is 18.3. The predicted octanol–water partition coefficient (Wildman–Crippen LogP) is 5.14. The topological polar surface area (TPSA) is 68.7 Å². The lowest BCUT2D eigenvalue weighted by Gasteiger charge is -2.38. The van der Waals surface area contributed by atoms with Crippen LogP contribution in [-0.4, -0.2) is 72.2 Å². The Labute approximate surface area is 285 Å². The third kappa shape index (κ3) is 6.91. The Balaban J connectivity index is 0.866. The van der Waals surface area contributed by atoms with Crippen molar-refractivity contribution in [1.29, 1.82) is 0 Å². The Hall–Kier alpha value is -4.04. The lowest BCUT2D eigenvalue weighted by molar-refractivity contribution is -0.124. The van der Waals surface area contributed by atoms with Crippen LogP contribution in [0.25, 0.3) is 29.6 Å². The van der Waals surface area contributed by atoms with Crippen molar-refractivity contribution in [3.8, 4) is 0 Å². The molecule has 1 atom stereocenters. The summed E-state index contributed by atoms with van der Waals surface area (Å²) in [6.07, 6.45) is 13.7. The van der Waals surface area contributed by atoms with Crippen LogP contribution < -0.4 is 31.1 Å². The molecule has 254 valence electrons. The number of amides is 1. The Kier molecular flexibility index (Phi) is 9.62. The maximum Gasteiger partial charge on any atom is 0.247 e. The van der Waals surface area contributed by atoms with Gasteiger partial charge in [-0.15, -0.1) is 0 Å². The maximum absolute atomic E-state index is 12.8. The molecule has 2 aromatic heterocycles. The average molecular weight is 648 g/mol. The van der Waals surface area contributed by atoms with Gasteiger partial charge in [-0.3, -0.25) is 9.69 Å². The molecule has 4 fully saturated rings. The van der Waals surface area contributed by atoms with Gasteiger partial charge in [-0.05, 0) is 81.7 Å². The van der Waals surface area contributed by atoms with Crippen molar-refractivity contribution in [2.45, 2.75) is 76.3 Å². The molecule has 1 aliphatic carbocycles. The van der Waals surface area contributed by atoms with E-state index in [0.717, 1.165) is 102 Å². The van der Waals surface area contributed by atoms with Gasteiger partial charge in [0.25, 0.3) is 0 Å². The highest BCUT2D eigenvalue weighted by atomic mass is 16.2. The number of nitrogens with one attached hydrogen (secondary N) is 2. The van der Waals surface area contributed by atoms with Crippen LogP contribution in [0.3, 0.4) is 0 Å². The minimum Gasteiger partial charge on any atom is -0.382 e. The zero-order valence-corrected chi connectivity index (χ0v) is 28.7. The number of aromatic nitrogens is 2. The molecule has 0 spiro atoms. The molecule has 7 rings (SSSR count). The summed E-state index contributed by atoms with van der Waals surface area (Å²) in [4.78, 5) is 25.2. The van der Waals surface area contributed by atoms with E-state index in [4.69, 9.17) is 4.98 Å². The van der Waals surface area contributed by atoms with Crippen LogP contribution in [0.2, 0.25) is 0 Å². The number of anilines is 2. The van der Waals surface area contributed by atoms with E-state index in [9.17, 15) is 4.79 Å². The number of nitrogens with zero attached hydrogens (tertiary/aromatic N) is 5. The van der Waals surface area contributed by atoms with Crippen LogP contribution in [0.15, 0.2) is 55.4 Å². The van der Waals surface area contributed by atoms with Crippen molar-refractivity contribution in [2.24, 2.45) is 5.92 Å². The number of benzene rings is 1. The van der Waals surface area contributed by atoms with E-state index in [1.165, 1.54) is 63.6 Å². The lowest BCUT2D eigenvalue weighted by Crippen LogP contribution is -2.47. The SMILES string of the molecule is C=C1CCC(n2c(=C)c3ccc(N4CCN(CCC5CCN(c6ccc(C(=C)NC7CCCCC7)cn6)CC5)CC4)cc3c2=C)C(=O)N1. The largest absolute Gasteiger partial charge is 0.382 e. The molecule has 0 radical (unpaired) electrons. The molecule has 2 N–H and O–H groups in total. The molecule has 48 heavy (non-hydrogen) atoms. The number of hydrogen-bond acceptors (Lipinski definition) is 6. The molecular formula is C40H53N7O. The normalized spacial score (nSPS) is 21.9. The first-order valence-corrected chi connectivity index (χ1v) is 18.3. The van der Waals surface area contributed by atoms with Crippen LogP contribution in [0.5, 0.6) is 0 Å². The summed E-state index contributed by atoms with van der Waals surface area (Å²) in [5, 5.41) is 10.5. The molecule has 5 heterocycles. The summed E-state index contributed by atoms with van der Waals surface area (Å²) >= 11 is 0. The number of allylic oxidation sites excluding steroid dienone is 1. The summed E-state index contributed by atoms with van der Waals surface area (Å²) in [5.74, 6) is 1.85. The summed E-state index contributed by atoms with van der Waals surface area (Å²) in [7, 11) is 0. The number of carbonyl (C=O) groups excluding carboxylic acids is 1. The molecule has 0 bridgehead atoms. The highest BCUT2D eigenvalue weighted by Gasteiger charge is 2.28. The van der Waals surface area contributed by atoms with E-state index in [-0.39, 0.29) is 11.9 Å². The van der Waals surface area contributed by atoms with Crippen molar-refractivity contribution >= 4 is 47.0 Å². The molecule has 3 aliphatic heterocycles. The third-order valence-electron chi connectivity index (χ3n) is 11.4. The number of carbonyl (C=O) groups is 1. The smallest absolute Gasteiger partial charge is 0.247 e. The van der Waals surface area contributed by atoms with Gasteiger partial charge in [-0.1, -0.05) is 51.6 Å². The van der Waals surface area contributed by atoms with Crippen molar-refractivity contribution < 1.29 is 4.79 Å². The predicted molar refractivity (Wildman–Crippen MR) is 199 cm³/mol. The maximum atomic E-state index is 12.8. The highest BCUT2D eigenvalue weighted by Crippen LogP contribution is 2.27. The highest BCUT2D eigenvalue weighted by molar-refractivity contribution is 5.89. The minimum absolute atomic E-state index is 0.0187. The van der Waals surface area contributed by atoms with Crippen molar-refractivity contribution in [3.05, 3.63) is 71.6 Å². The van der Waals surface area contributed by atoms with Crippen LogP contribution in [0.1, 0.15) is 75.8 Å². The number of pyridine rings is 1. The van der Waals surface area contributed by atoms with Crippen LogP contribution in [-0.2, 0) is 4.79 Å². The fraction of sp³-hybridized carbons (Fsp3) is 0.500. The van der Waals surface area contributed by atoms with Crippen molar-refractivity contribution in [3.63, 3.8) is 0 Å². The molecule has 1 amide bonds. The van der Waals surface area contributed by atoms with Crippen LogP contribution in [0.4, 0.5) is 11.5 Å². The lowest BCUT2D eigenvalue weighted by atomic mass is 9.93. The van der Waals surface area contributed by atoms with Gasteiger partial charge in [-0.2, -0.15) is 0 Å². The molecule has 1 saturated carbocycles. The third-order valence-corrected chi connectivity index (χ3v) is 11.4. The number of piperazine rings is 1. The quantitative estimate of drug-likeness (QED) is 0.335. The van der Waals surface area contributed by atoms with Crippen molar-refractivity contribution in [1.82, 2.24) is 25.1 Å². The van der Waals surface area contributed by atoms with E-state index in [1.807, 2.05) is 10.8 Å². The molecule has 3 saturated heterocycles. The zero-order chi connectivity index (χ0) is 33.2. The van der Waals surface area contributed by atoms with Gasteiger partial charge in [0.05, 0.1) is 0 Å². The number of piperidine rings is 2. The van der Waals surface area contributed by atoms with Crippen LogP contribution in [0, 0.1) is 5.92 Å². The van der Waals surface area contributed by atoms with Crippen molar-refractivity contribution in [2.75, 3.05) is 55.6 Å². The molecule has 4 aliphatic rings. The monoisotopic (exact) mass is 647 g/mol. The van der Waals surface area contributed by atoms with E-state index in [1.54, 1.807) is 0 Å². The molecule has 8 heteroatoms. The van der Waals surface area contributed by atoms with Gasteiger partial charge in [0.1, 0.15) is 11.9 Å². The fourth-order valence-corrected chi connectivity index (χ4v) is 8.40. The standard InChI is InChI=1S/C40H53N7O/c1-28-10-14-38(40(48)42-28)47-30(3)36-13-12-35(26-37(36)31(47)4)45-24-22-44(23-25-45)19-16-32-17-20-46(21-18-32)39-15-11-33(27-41-39)29(2)43-34-8-6-5-7-9-34/h11-13,15,26-27,32,34,38,43H,1-10,14,16-25H2,(H,42,48). The Bertz CT molecular complexity index is 1740. The van der Waals surface area contributed by atoms with Gasteiger partial charge in [0.15, 0.2) is 0 Å². The van der Waals surface area contributed by atoms with Gasteiger partial charge < -0.3 is 25.0 Å². The first kappa shape index (κ1) is 32.5. The van der Waals surface area contributed by atoms with E-state index in [0.29, 0.717) is 6.04 Å². The molecular weight excluding hydrogens is 594 g/mol. The fourth-order valence-electron chi connectivity index (χ4n) is 8.40. The van der Waals surface area contributed by atoms with Crippen LogP contribution >= 0.6 is 0 Å². The summed E-state index contributed by atoms with van der Waals surface area (Å²) in [6, 6.07) is 11.3. The van der Waals surface area contributed by atoms with Gasteiger partial charge >= 0.3 is 0 Å². The van der Waals surface area contributed by atoms with E-state index < -0.39 is 0 Å². The summed E-state index contributed by atoms with van der Waals surface area (Å²) < 4.78 is 2.03.